The number of carboxylic acids is 1. The molecule has 4 atom stereocenters. The van der Waals surface area contributed by atoms with Crippen molar-refractivity contribution in [3.05, 3.63) is 18.6 Å². The molecule has 1 aliphatic carbocycles. The van der Waals surface area contributed by atoms with Gasteiger partial charge in [0.05, 0.1) is 11.7 Å². The Hall–Kier alpha value is -1.01. The molecule has 1 aliphatic rings. The van der Waals surface area contributed by atoms with Crippen LogP contribution in [0.4, 0.5) is 8.78 Å². The van der Waals surface area contributed by atoms with E-state index in [4.69, 9.17) is 5.11 Å². The highest BCUT2D eigenvalue weighted by atomic mass is 19.3. The first-order chi connectivity index (χ1) is 13.1. The van der Waals surface area contributed by atoms with Crippen molar-refractivity contribution in [2.75, 3.05) is 0 Å². The molecule has 3 N–H and O–H groups in total. The molecule has 0 aromatic carbocycles. The van der Waals surface area contributed by atoms with E-state index in [2.05, 4.69) is 6.92 Å². The highest BCUT2D eigenvalue weighted by Gasteiger charge is 2.54. The van der Waals surface area contributed by atoms with Crippen LogP contribution in [0.25, 0.3) is 0 Å². The van der Waals surface area contributed by atoms with Crippen molar-refractivity contribution < 1.29 is 28.9 Å². The Bertz CT molecular complexity index is 493. The number of allylic oxidation sites excluding steroid dienone is 2. The first-order valence-corrected chi connectivity index (χ1v) is 10.6. The Balaban J connectivity index is 2.69. The van der Waals surface area contributed by atoms with Gasteiger partial charge in [0.15, 0.2) is 0 Å². The maximum atomic E-state index is 14.1. The van der Waals surface area contributed by atoms with Crippen molar-refractivity contribution in [2.24, 2.45) is 11.3 Å². The molecular weight excluding hydrogens is 366 g/mol. The number of carboxylic acid groups (broad SMARTS) is 1. The van der Waals surface area contributed by atoms with E-state index in [1.54, 1.807) is 13.0 Å². The molecule has 1 rings (SSSR count). The molecule has 0 bridgehead atoms. The van der Waals surface area contributed by atoms with E-state index in [0.29, 0.717) is 38.5 Å². The summed E-state index contributed by atoms with van der Waals surface area (Å²) in [6.45, 7) is 3.80. The standard InChI is InChI=1S/C22H37F2O4/c1-3-4-9-13-21(2,28)15-16-22(20(23)24)14-12-18(25)17(22)10-7-5-6-8-11-19(26)27/h5,7,17-18,25,28H,3-4,6,8-16H2,1-2H3,(H,26,27)/b7-5-/t17-,18-,21?,22-/m0/s1. The Morgan fingerprint density at radius 1 is 1.21 bits per heavy atom. The molecule has 163 valence electrons. The summed E-state index contributed by atoms with van der Waals surface area (Å²) in [6.07, 6.45) is 7.26. The molecule has 0 amide bonds. The van der Waals surface area contributed by atoms with E-state index >= 15 is 0 Å². The molecule has 28 heavy (non-hydrogen) atoms. The number of aliphatic hydroxyl groups excluding tert-OH is 1. The predicted molar refractivity (Wildman–Crippen MR) is 106 cm³/mol. The molecule has 0 heterocycles. The fourth-order valence-electron chi connectivity index (χ4n) is 4.29. The molecule has 0 aromatic rings. The molecule has 0 aromatic heterocycles. The lowest BCUT2D eigenvalue weighted by atomic mass is 9.70. The van der Waals surface area contributed by atoms with Crippen molar-refractivity contribution in [1.82, 2.24) is 0 Å². The van der Waals surface area contributed by atoms with Crippen molar-refractivity contribution >= 4 is 5.97 Å². The van der Waals surface area contributed by atoms with E-state index in [0.717, 1.165) is 19.3 Å². The van der Waals surface area contributed by atoms with Crippen LogP contribution in [0, 0.1) is 17.8 Å². The monoisotopic (exact) mass is 403 g/mol. The van der Waals surface area contributed by atoms with Gasteiger partial charge in [-0.3, -0.25) is 4.79 Å². The van der Waals surface area contributed by atoms with Crippen LogP contribution in [0.15, 0.2) is 12.2 Å². The summed E-state index contributed by atoms with van der Waals surface area (Å²) in [7, 11) is 0. The third-order valence-electron chi connectivity index (χ3n) is 6.18. The number of carbonyl (C=O) groups is 1. The normalized spacial score (nSPS) is 27.5. The average molecular weight is 404 g/mol. The van der Waals surface area contributed by atoms with E-state index in [1.165, 1.54) is 0 Å². The topological polar surface area (TPSA) is 77.8 Å². The Kier molecular flexibility index (Phi) is 10.6. The van der Waals surface area contributed by atoms with Crippen molar-refractivity contribution in [3.63, 3.8) is 0 Å². The molecule has 0 spiro atoms. The lowest BCUT2D eigenvalue weighted by Gasteiger charge is -2.37. The van der Waals surface area contributed by atoms with Crippen LogP contribution >= 0.6 is 0 Å². The predicted octanol–water partition coefficient (Wildman–Crippen LogP) is 5.48. The van der Waals surface area contributed by atoms with Crippen molar-refractivity contribution in [2.45, 2.75) is 103 Å². The number of aliphatic carboxylic acids is 1. The second-order valence-electron chi connectivity index (χ2n) is 8.58. The number of rotatable bonds is 14. The SMILES string of the molecule is CCCCCC(C)(O)CC[C@@]1([C](F)F)CC[C@H](O)[C@@H]1C/C=C\CCCC(=O)O. The minimum absolute atomic E-state index is 0.0837. The summed E-state index contributed by atoms with van der Waals surface area (Å²) in [5.41, 5.74) is -2.32. The summed E-state index contributed by atoms with van der Waals surface area (Å²) in [5.74, 6) is -1.42. The zero-order valence-electron chi connectivity index (χ0n) is 17.3. The largest absolute Gasteiger partial charge is 0.481 e. The van der Waals surface area contributed by atoms with E-state index in [9.17, 15) is 23.8 Å². The van der Waals surface area contributed by atoms with E-state index in [-0.39, 0.29) is 19.3 Å². The summed E-state index contributed by atoms with van der Waals surface area (Å²) in [6, 6.07) is 0. The van der Waals surface area contributed by atoms with Gasteiger partial charge in [-0.2, -0.15) is 8.78 Å². The van der Waals surface area contributed by atoms with E-state index < -0.39 is 35.4 Å². The maximum Gasteiger partial charge on any atom is 0.316 e. The average Bonchev–Trinajstić information content (AvgIpc) is 2.93. The number of aliphatic hydroxyl groups is 2. The number of hydrogen-bond donors (Lipinski definition) is 3. The smallest absolute Gasteiger partial charge is 0.316 e. The zero-order chi connectivity index (χ0) is 21.2. The van der Waals surface area contributed by atoms with Gasteiger partial charge in [0.25, 0.3) is 0 Å². The second-order valence-corrected chi connectivity index (χ2v) is 8.58. The second kappa shape index (κ2) is 11.9. The highest BCUT2D eigenvalue weighted by molar-refractivity contribution is 5.66. The van der Waals surface area contributed by atoms with Crippen LogP contribution in [0.1, 0.15) is 90.9 Å². The first-order valence-electron chi connectivity index (χ1n) is 10.6. The minimum atomic E-state index is -1.64. The van der Waals surface area contributed by atoms with Gasteiger partial charge in [-0.05, 0) is 64.2 Å². The van der Waals surface area contributed by atoms with Crippen LogP contribution in [0.2, 0.25) is 0 Å². The van der Waals surface area contributed by atoms with Gasteiger partial charge < -0.3 is 15.3 Å². The fourth-order valence-corrected chi connectivity index (χ4v) is 4.29. The van der Waals surface area contributed by atoms with Gasteiger partial charge in [-0.1, -0.05) is 38.3 Å². The maximum absolute atomic E-state index is 14.1. The van der Waals surface area contributed by atoms with Crippen LogP contribution in [-0.4, -0.2) is 33.0 Å². The molecule has 1 unspecified atom stereocenters. The molecule has 1 fully saturated rings. The van der Waals surface area contributed by atoms with Gasteiger partial charge in [-0.25, -0.2) is 0 Å². The first kappa shape index (κ1) is 25.0. The molecule has 0 saturated heterocycles. The van der Waals surface area contributed by atoms with Crippen molar-refractivity contribution in [1.29, 1.82) is 0 Å². The summed E-state index contributed by atoms with van der Waals surface area (Å²) in [4.78, 5) is 10.5. The van der Waals surface area contributed by atoms with Gasteiger partial charge in [0.2, 0.25) is 0 Å². The minimum Gasteiger partial charge on any atom is -0.481 e. The summed E-state index contributed by atoms with van der Waals surface area (Å²) in [5, 5.41) is 29.6. The number of halogens is 2. The fraction of sp³-hybridized carbons (Fsp3) is 0.818. The van der Waals surface area contributed by atoms with Gasteiger partial charge in [0.1, 0.15) is 0 Å². The van der Waals surface area contributed by atoms with E-state index in [1.807, 2.05) is 6.08 Å². The van der Waals surface area contributed by atoms with Crippen molar-refractivity contribution in [3.8, 4) is 0 Å². The third-order valence-corrected chi connectivity index (χ3v) is 6.18. The number of hydrogen-bond acceptors (Lipinski definition) is 3. The van der Waals surface area contributed by atoms with Gasteiger partial charge >= 0.3 is 12.4 Å². The highest BCUT2D eigenvalue weighted by Crippen LogP contribution is 2.56. The molecule has 0 aliphatic heterocycles. The van der Waals surface area contributed by atoms with Crippen LogP contribution in [0.3, 0.4) is 0 Å². The van der Waals surface area contributed by atoms with Crippen LogP contribution < -0.4 is 0 Å². The molecule has 1 saturated carbocycles. The molecular formula is C22H37F2O4. The van der Waals surface area contributed by atoms with Gasteiger partial charge in [-0.15, -0.1) is 0 Å². The van der Waals surface area contributed by atoms with Crippen LogP contribution in [0.5, 0.6) is 0 Å². The number of unbranched alkanes of at least 4 members (excludes halogenated alkanes) is 3. The third kappa shape index (κ3) is 7.78. The van der Waals surface area contributed by atoms with Gasteiger partial charge in [0, 0.05) is 11.8 Å². The Morgan fingerprint density at radius 2 is 1.93 bits per heavy atom. The lowest BCUT2D eigenvalue weighted by Crippen LogP contribution is -2.36. The lowest BCUT2D eigenvalue weighted by molar-refractivity contribution is -0.137. The zero-order valence-corrected chi connectivity index (χ0v) is 17.3. The quantitative estimate of drug-likeness (QED) is 0.265. The summed E-state index contributed by atoms with van der Waals surface area (Å²) < 4.78 is 28.1. The summed E-state index contributed by atoms with van der Waals surface area (Å²) >= 11 is 0. The Morgan fingerprint density at radius 3 is 2.54 bits per heavy atom. The molecule has 6 heteroatoms. The molecule has 1 radical (unpaired) electrons. The van der Waals surface area contributed by atoms with Crippen LogP contribution in [-0.2, 0) is 4.79 Å². The Labute approximate surface area is 168 Å². The molecule has 4 nitrogen and oxygen atoms in total.